The highest BCUT2D eigenvalue weighted by molar-refractivity contribution is 5.95. The summed E-state index contributed by atoms with van der Waals surface area (Å²) in [6.07, 6.45) is 1.77. The largest absolute Gasteiger partial charge is 0.467 e. The molecule has 3 amide bonds. The van der Waals surface area contributed by atoms with E-state index in [-0.39, 0.29) is 37.2 Å². The molecule has 0 aromatic carbocycles. The molecule has 8 heteroatoms. The molecule has 0 radical (unpaired) electrons. The predicted octanol–water partition coefficient (Wildman–Crippen LogP) is 2.21. The predicted molar refractivity (Wildman–Crippen MR) is 105 cm³/mol. The number of aryl methyl sites for hydroxylation is 2. The fourth-order valence-corrected chi connectivity index (χ4v) is 3.52. The van der Waals surface area contributed by atoms with Gasteiger partial charge in [-0.25, -0.2) is 0 Å². The highest BCUT2D eigenvalue weighted by atomic mass is 16.3. The summed E-state index contributed by atoms with van der Waals surface area (Å²) in [5.74, 6) is 1.69. The van der Waals surface area contributed by atoms with Crippen molar-refractivity contribution in [2.75, 3.05) is 32.7 Å². The smallest absolute Gasteiger partial charge is 0.257 e. The lowest BCUT2D eigenvalue weighted by Crippen LogP contribution is -2.50. The monoisotopic (exact) mass is 401 g/mol. The van der Waals surface area contributed by atoms with E-state index >= 15 is 0 Å². The summed E-state index contributed by atoms with van der Waals surface area (Å²) in [4.78, 5) is 42.3. The lowest BCUT2D eigenvalue weighted by atomic mass is 10.2. The van der Waals surface area contributed by atoms with Crippen molar-refractivity contribution in [2.45, 2.75) is 33.7 Å². The Balaban J connectivity index is 1.64. The summed E-state index contributed by atoms with van der Waals surface area (Å²) in [7, 11) is 0. The minimum atomic E-state index is -0.190. The molecule has 1 aliphatic heterocycles. The molecule has 3 rings (SSSR count). The SMILES string of the molecule is CC(=O)N1CCN(C(=O)CCN(Cc2ccco2)C(=O)c2cc(C)oc2C)CC1. The second-order valence-electron chi connectivity index (χ2n) is 7.27. The van der Waals surface area contributed by atoms with E-state index in [1.807, 2.05) is 0 Å². The molecule has 156 valence electrons. The van der Waals surface area contributed by atoms with Gasteiger partial charge in [0.1, 0.15) is 17.3 Å². The van der Waals surface area contributed by atoms with Gasteiger partial charge in [0.2, 0.25) is 11.8 Å². The number of carbonyl (C=O) groups is 3. The van der Waals surface area contributed by atoms with Crippen molar-refractivity contribution in [3.8, 4) is 0 Å². The molecule has 0 aliphatic carbocycles. The Hall–Kier alpha value is -3.03. The van der Waals surface area contributed by atoms with Crippen LogP contribution < -0.4 is 0 Å². The van der Waals surface area contributed by atoms with Crippen molar-refractivity contribution in [1.29, 1.82) is 0 Å². The summed E-state index contributed by atoms with van der Waals surface area (Å²) >= 11 is 0. The zero-order chi connectivity index (χ0) is 21.0. The second kappa shape index (κ2) is 8.98. The number of rotatable bonds is 6. The fraction of sp³-hybridized carbons (Fsp3) is 0.476. The molecule has 3 heterocycles. The van der Waals surface area contributed by atoms with E-state index in [4.69, 9.17) is 8.83 Å². The highest BCUT2D eigenvalue weighted by Gasteiger charge is 2.25. The van der Waals surface area contributed by atoms with Crippen LogP contribution in [0.5, 0.6) is 0 Å². The first-order valence-electron chi connectivity index (χ1n) is 9.77. The Morgan fingerprint density at radius 1 is 1.10 bits per heavy atom. The van der Waals surface area contributed by atoms with E-state index in [0.717, 1.165) is 0 Å². The molecule has 0 N–H and O–H groups in total. The maximum Gasteiger partial charge on any atom is 0.257 e. The minimum absolute atomic E-state index is 0.0226. The van der Waals surface area contributed by atoms with Crippen LogP contribution in [0.3, 0.4) is 0 Å². The summed E-state index contributed by atoms with van der Waals surface area (Å²) < 4.78 is 10.9. The summed E-state index contributed by atoms with van der Waals surface area (Å²) in [5.41, 5.74) is 0.497. The molecule has 29 heavy (non-hydrogen) atoms. The van der Waals surface area contributed by atoms with Gasteiger partial charge >= 0.3 is 0 Å². The van der Waals surface area contributed by atoms with Crippen LogP contribution in [0.1, 0.15) is 41.0 Å². The van der Waals surface area contributed by atoms with E-state index in [9.17, 15) is 14.4 Å². The standard InChI is InChI=1S/C21H27N3O5/c1-15-13-19(16(2)29-15)21(27)24(14-18-5-4-12-28-18)7-6-20(26)23-10-8-22(9-11-23)17(3)25/h4-5,12-13H,6-11,14H2,1-3H3. The highest BCUT2D eigenvalue weighted by Crippen LogP contribution is 2.18. The molecular weight excluding hydrogens is 374 g/mol. The first-order chi connectivity index (χ1) is 13.8. The minimum Gasteiger partial charge on any atom is -0.467 e. The van der Waals surface area contributed by atoms with Gasteiger partial charge in [0.15, 0.2) is 0 Å². The van der Waals surface area contributed by atoms with Crippen LogP contribution in [0.15, 0.2) is 33.3 Å². The molecule has 0 unspecified atom stereocenters. The maximum absolute atomic E-state index is 13.1. The Morgan fingerprint density at radius 2 is 1.79 bits per heavy atom. The third-order valence-electron chi connectivity index (χ3n) is 5.16. The van der Waals surface area contributed by atoms with Gasteiger partial charge in [-0.05, 0) is 32.0 Å². The fourth-order valence-electron chi connectivity index (χ4n) is 3.52. The van der Waals surface area contributed by atoms with Crippen molar-refractivity contribution in [2.24, 2.45) is 0 Å². The average molecular weight is 401 g/mol. The molecule has 1 saturated heterocycles. The van der Waals surface area contributed by atoms with Gasteiger partial charge in [0, 0.05) is 46.1 Å². The van der Waals surface area contributed by atoms with Crippen molar-refractivity contribution in [3.05, 3.63) is 47.3 Å². The number of amides is 3. The van der Waals surface area contributed by atoms with E-state index in [2.05, 4.69) is 0 Å². The first kappa shape index (κ1) is 20.7. The van der Waals surface area contributed by atoms with Gasteiger partial charge in [0.05, 0.1) is 18.4 Å². The number of hydrogen-bond acceptors (Lipinski definition) is 5. The van der Waals surface area contributed by atoms with Gasteiger partial charge in [-0.2, -0.15) is 0 Å². The number of piperazine rings is 1. The molecule has 0 saturated carbocycles. The van der Waals surface area contributed by atoms with E-state index in [1.54, 1.807) is 53.0 Å². The van der Waals surface area contributed by atoms with E-state index in [0.29, 0.717) is 49.0 Å². The van der Waals surface area contributed by atoms with Crippen LogP contribution in [0.25, 0.3) is 0 Å². The number of hydrogen-bond donors (Lipinski definition) is 0. The second-order valence-corrected chi connectivity index (χ2v) is 7.27. The molecule has 8 nitrogen and oxygen atoms in total. The van der Waals surface area contributed by atoms with Crippen molar-refractivity contribution >= 4 is 17.7 Å². The summed E-state index contributed by atoms with van der Waals surface area (Å²) in [5, 5.41) is 0. The Bertz CT molecular complexity index is 863. The van der Waals surface area contributed by atoms with Crippen LogP contribution in [0.4, 0.5) is 0 Å². The molecule has 0 bridgehead atoms. The molecule has 1 fully saturated rings. The zero-order valence-electron chi connectivity index (χ0n) is 17.1. The average Bonchev–Trinajstić information content (AvgIpc) is 3.33. The Kier molecular flexibility index (Phi) is 6.41. The number of nitrogens with zero attached hydrogens (tertiary/aromatic N) is 3. The van der Waals surface area contributed by atoms with Gasteiger partial charge < -0.3 is 23.5 Å². The van der Waals surface area contributed by atoms with Crippen LogP contribution in [0.2, 0.25) is 0 Å². The van der Waals surface area contributed by atoms with Crippen molar-refractivity contribution in [1.82, 2.24) is 14.7 Å². The zero-order valence-corrected chi connectivity index (χ0v) is 17.1. The van der Waals surface area contributed by atoms with Crippen LogP contribution in [-0.4, -0.2) is 65.1 Å². The molecule has 2 aromatic heterocycles. The molecule has 2 aromatic rings. The van der Waals surface area contributed by atoms with Crippen molar-refractivity contribution in [3.63, 3.8) is 0 Å². The first-order valence-corrected chi connectivity index (χ1v) is 9.77. The van der Waals surface area contributed by atoms with Crippen LogP contribution in [0, 0.1) is 13.8 Å². The maximum atomic E-state index is 13.1. The topological polar surface area (TPSA) is 87.2 Å². The van der Waals surface area contributed by atoms with Gasteiger partial charge in [-0.1, -0.05) is 0 Å². The lowest BCUT2D eigenvalue weighted by Gasteiger charge is -2.34. The van der Waals surface area contributed by atoms with E-state index < -0.39 is 0 Å². The lowest BCUT2D eigenvalue weighted by molar-refractivity contribution is -0.138. The Labute approximate surface area is 170 Å². The molecule has 0 atom stereocenters. The number of furan rings is 2. The number of carbonyl (C=O) groups excluding carboxylic acids is 3. The summed E-state index contributed by atoms with van der Waals surface area (Å²) in [6.45, 7) is 7.77. The molecular formula is C21H27N3O5. The molecule has 0 spiro atoms. The Morgan fingerprint density at radius 3 is 2.34 bits per heavy atom. The quantitative estimate of drug-likeness (QED) is 0.741. The third kappa shape index (κ3) is 5.07. The third-order valence-corrected chi connectivity index (χ3v) is 5.16. The molecule has 1 aliphatic rings. The van der Waals surface area contributed by atoms with Gasteiger partial charge in [-0.15, -0.1) is 0 Å². The van der Waals surface area contributed by atoms with Crippen molar-refractivity contribution < 1.29 is 23.2 Å². The normalized spacial score (nSPS) is 14.2. The van der Waals surface area contributed by atoms with E-state index in [1.165, 1.54) is 6.92 Å². The van der Waals surface area contributed by atoms with Crippen LogP contribution in [-0.2, 0) is 16.1 Å². The van der Waals surface area contributed by atoms with Crippen LogP contribution >= 0.6 is 0 Å². The van der Waals surface area contributed by atoms with Gasteiger partial charge in [-0.3, -0.25) is 14.4 Å². The van der Waals surface area contributed by atoms with Gasteiger partial charge in [0.25, 0.3) is 5.91 Å². The summed E-state index contributed by atoms with van der Waals surface area (Å²) in [6, 6.07) is 5.29.